The second-order valence-electron chi connectivity index (χ2n) is 4.36. The number of nitrogens with zero attached hydrogens (tertiary/aromatic N) is 1. The number of rotatable bonds is 4. The molecule has 1 aromatic carbocycles. The Hall–Kier alpha value is -1.26. The van der Waals surface area contributed by atoms with Crippen LogP contribution in [0.2, 0.25) is 0 Å². The first-order valence-corrected chi connectivity index (χ1v) is 5.80. The van der Waals surface area contributed by atoms with Gasteiger partial charge in [-0.1, -0.05) is 18.2 Å². The van der Waals surface area contributed by atoms with Gasteiger partial charge in [-0.3, -0.25) is 4.79 Å². The summed E-state index contributed by atoms with van der Waals surface area (Å²) in [5.74, 6) is 1.18. The molecule has 0 radical (unpaired) electrons. The number of hydrogen-bond acceptors (Lipinski definition) is 3. The van der Waals surface area contributed by atoms with Crippen molar-refractivity contribution in [2.75, 3.05) is 27.2 Å². The number of carbonyl (C=O) groups excluding carboxylic acids is 1. The van der Waals surface area contributed by atoms with Crippen molar-refractivity contribution >= 4 is 18.3 Å². The van der Waals surface area contributed by atoms with Crippen LogP contribution < -0.4 is 10.1 Å². The summed E-state index contributed by atoms with van der Waals surface area (Å²) >= 11 is 0. The van der Waals surface area contributed by atoms with Crippen molar-refractivity contribution < 1.29 is 9.53 Å². The minimum atomic E-state index is 0. The minimum absolute atomic E-state index is 0. The maximum atomic E-state index is 12.0. The van der Waals surface area contributed by atoms with Gasteiger partial charge in [0, 0.05) is 32.2 Å². The zero-order valence-corrected chi connectivity index (χ0v) is 11.5. The molecule has 0 atom stereocenters. The van der Waals surface area contributed by atoms with E-state index in [2.05, 4.69) is 5.32 Å². The fraction of sp³-hybridized carbons (Fsp3) is 0.462. The first kappa shape index (κ1) is 14.8. The first-order chi connectivity index (χ1) is 8.22. The van der Waals surface area contributed by atoms with Gasteiger partial charge in [-0.05, 0) is 6.07 Å². The third-order valence-corrected chi connectivity index (χ3v) is 3.11. The summed E-state index contributed by atoms with van der Waals surface area (Å²) in [6, 6.07) is 7.79. The minimum Gasteiger partial charge on any atom is -0.496 e. The highest BCUT2D eigenvalue weighted by Crippen LogP contribution is 2.19. The Kier molecular flexibility index (Phi) is 5.44. The third kappa shape index (κ3) is 3.15. The van der Waals surface area contributed by atoms with Gasteiger partial charge in [0.25, 0.3) is 0 Å². The van der Waals surface area contributed by atoms with E-state index in [9.17, 15) is 4.79 Å². The van der Waals surface area contributed by atoms with E-state index in [1.807, 2.05) is 31.3 Å². The van der Waals surface area contributed by atoms with E-state index in [1.54, 1.807) is 12.0 Å². The molecule has 4 nitrogen and oxygen atoms in total. The lowest BCUT2D eigenvalue weighted by Gasteiger charge is -2.30. The number of hydrogen-bond donors (Lipinski definition) is 1. The molecule has 0 aromatic heterocycles. The maximum absolute atomic E-state index is 12.0. The van der Waals surface area contributed by atoms with E-state index in [0.717, 1.165) is 24.4 Å². The van der Waals surface area contributed by atoms with Gasteiger partial charge in [0.2, 0.25) is 5.91 Å². The average Bonchev–Trinajstić information content (AvgIpc) is 2.27. The van der Waals surface area contributed by atoms with Crippen molar-refractivity contribution in [3.05, 3.63) is 29.8 Å². The Morgan fingerprint density at radius 1 is 1.44 bits per heavy atom. The summed E-state index contributed by atoms with van der Waals surface area (Å²) < 4.78 is 5.28. The third-order valence-electron chi connectivity index (χ3n) is 3.11. The Balaban J connectivity index is 0.00000162. The zero-order chi connectivity index (χ0) is 12.3. The normalized spacial score (nSPS) is 14.3. The number of halogens is 1. The smallest absolute Gasteiger partial charge is 0.228 e. The van der Waals surface area contributed by atoms with Crippen LogP contribution in [0.5, 0.6) is 5.75 Å². The van der Waals surface area contributed by atoms with E-state index < -0.39 is 0 Å². The number of carbonyl (C=O) groups is 1. The van der Waals surface area contributed by atoms with Crippen LogP contribution in [0.1, 0.15) is 5.56 Å². The van der Waals surface area contributed by atoms with Crippen molar-refractivity contribution in [1.29, 1.82) is 0 Å². The molecule has 1 N–H and O–H groups in total. The quantitative estimate of drug-likeness (QED) is 0.897. The van der Waals surface area contributed by atoms with Gasteiger partial charge in [0.15, 0.2) is 0 Å². The van der Waals surface area contributed by atoms with Gasteiger partial charge in [0.1, 0.15) is 5.75 Å². The highest BCUT2D eigenvalue weighted by molar-refractivity contribution is 5.85. The van der Waals surface area contributed by atoms with E-state index in [0.29, 0.717) is 6.54 Å². The highest BCUT2D eigenvalue weighted by atomic mass is 35.5. The molecule has 1 amide bonds. The maximum Gasteiger partial charge on any atom is 0.228 e. The lowest BCUT2D eigenvalue weighted by Crippen LogP contribution is -2.50. The van der Waals surface area contributed by atoms with Gasteiger partial charge < -0.3 is 15.0 Å². The molecule has 100 valence electrons. The number of methoxy groups -OCH3 is 1. The van der Waals surface area contributed by atoms with Gasteiger partial charge in [0.05, 0.1) is 13.0 Å². The molecule has 1 fully saturated rings. The van der Waals surface area contributed by atoms with Crippen LogP contribution in [0.3, 0.4) is 0 Å². The zero-order valence-electron chi connectivity index (χ0n) is 10.7. The molecule has 0 spiro atoms. The van der Waals surface area contributed by atoms with Crippen LogP contribution in [0.25, 0.3) is 0 Å². The number of amides is 1. The molecule has 5 heteroatoms. The van der Waals surface area contributed by atoms with Crippen molar-refractivity contribution in [2.45, 2.75) is 6.54 Å². The lowest BCUT2D eigenvalue weighted by atomic mass is 10.0. The summed E-state index contributed by atoms with van der Waals surface area (Å²) in [4.78, 5) is 13.7. The Morgan fingerprint density at radius 3 is 2.67 bits per heavy atom. The van der Waals surface area contributed by atoms with Gasteiger partial charge in [-0.25, -0.2) is 0 Å². The number of benzene rings is 1. The van der Waals surface area contributed by atoms with Crippen molar-refractivity contribution in [2.24, 2.45) is 5.92 Å². The molecule has 1 aliphatic rings. The lowest BCUT2D eigenvalue weighted by molar-refractivity contribution is -0.136. The molecule has 1 aromatic rings. The van der Waals surface area contributed by atoms with Gasteiger partial charge >= 0.3 is 0 Å². The predicted octanol–water partition coefficient (Wildman–Crippen LogP) is 1.29. The van der Waals surface area contributed by atoms with Crippen molar-refractivity contribution in [3.63, 3.8) is 0 Å². The van der Waals surface area contributed by atoms with Crippen molar-refractivity contribution in [1.82, 2.24) is 10.2 Å². The van der Waals surface area contributed by atoms with Gasteiger partial charge in [-0.2, -0.15) is 0 Å². The van der Waals surface area contributed by atoms with E-state index in [1.165, 1.54) is 0 Å². The summed E-state index contributed by atoms with van der Waals surface area (Å²) in [5.41, 5.74) is 1.04. The molecule has 0 bridgehead atoms. The molecule has 1 heterocycles. The fourth-order valence-electron chi connectivity index (χ4n) is 1.94. The molecular weight excluding hydrogens is 252 g/mol. The number of ether oxygens (including phenoxy) is 1. The van der Waals surface area contributed by atoms with Gasteiger partial charge in [-0.15, -0.1) is 12.4 Å². The Bertz CT molecular complexity index is 408. The molecule has 0 aliphatic carbocycles. The van der Waals surface area contributed by atoms with E-state index >= 15 is 0 Å². The highest BCUT2D eigenvalue weighted by Gasteiger charge is 2.27. The number of para-hydroxylation sites is 1. The summed E-state index contributed by atoms with van der Waals surface area (Å²) in [6.45, 7) is 2.20. The fourth-order valence-corrected chi connectivity index (χ4v) is 1.94. The largest absolute Gasteiger partial charge is 0.496 e. The van der Waals surface area contributed by atoms with Crippen LogP contribution in [-0.2, 0) is 11.3 Å². The second kappa shape index (κ2) is 6.61. The molecule has 0 unspecified atom stereocenters. The van der Waals surface area contributed by atoms with E-state index in [-0.39, 0.29) is 24.2 Å². The topological polar surface area (TPSA) is 41.6 Å². The molecule has 0 saturated carbocycles. The van der Waals surface area contributed by atoms with Crippen LogP contribution in [0.4, 0.5) is 0 Å². The molecule has 18 heavy (non-hydrogen) atoms. The van der Waals surface area contributed by atoms with Crippen molar-refractivity contribution in [3.8, 4) is 5.75 Å². The standard InChI is InChI=1S/C13H18N2O2.ClH/c1-15(13(16)11-7-14-8-11)9-10-5-3-4-6-12(10)17-2;/h3-6,11,14H,7-9H2,1-2H3;1H. The van der Waals surface area contributed by atoms with Crippen LogP contribution in [0.15, 0.2) is 24.3 Å². The Labute approximate surface area is 114 Å². The molecule has 2 rings (SSSR count). The summed E-state index contributed by atoms with van der Waals surface area (Å²) in [6.07, 6.45) is 0. The second-order valence-corrected chi connectivity index (χ2v) is 4.36. The van der Waals surface area contributed by atoms with Crippen LogP contribution >= 0.6 is 12.4 Å². The predicted molar refractivity (Wildman–Crippen MR) is 73.1 cm³/mol. The summed E-state index contributed by atoms with van der Waals surface area (Å²) in [7, 11) is 3.49. The summed E-state index contributed by atoms with van der Waals surface area (Å²) in [5, 5.41) is 3.11. The molecule has 1 saturated heterocycles. The molecular formula is C13H19ClN2O2. The monoisotopic (exact) mass is 270 g/mol. The average molecular weight is 271 g/mol. The van der Waals surface area contributed by atoms with Crippen LogP contribution in [0, 0.1) is 5.92 Å². The first-order valence-electron chi connectivity index (χ1n) is 5.80. The Morgan fingerprint density at radius 2 is 2.11 bits per heavy atom. The van der Waals surface area contributed by atoms with E-state index in [4.69, 9.17) is 4.74 Å². The molecule has 1 aliphatic heterocycles. The number of nitrogens with one attached hydrogen (secondary N) is 1. The SMILES string of the molecule is COc1ccccc1CN(C)C(=O)C1CNC1.Cl. The van der Waals surface area contributed by atoms with Crippen LogP contribution in [-0.4, -0.2) is 38.1 Å².